The Kier molecular flexibility index (Phi) is 9.86. The molecule has 3 heterocycles. The van der Waals surface area contributed by atoms with Crippen molar-refractivity contribution in [3.8, 4) is 0 Å². The fraction of sp³-hybridized carbons (Fsp3) is 1.00. The average Bonchev–Trinajstić information content (AvgIpc) is 2.80. The fourth-order valence-electron chi connectivity index (χ4n) is 5.77. The molecule has 15 unspecified atom stereocenters. The van der Waals surface area contributed by atoms with Crippen LogP contribution < -0.4 is 0 Å². The topological polar surface area (TPSA) is 86.6 Å². The molecule has 0 radical (unpaired) electrons. The first-order valence-corrected chi connectivity index (χ1v) is 13.6. The summed E-state index contributed by atoms with van der Waals surface area (Å²) in [5.74, 6) is 0.648. The van der Waals surface area contributed by atoms with E-state index >= 15 is 0 Å². The van der Waals surface area contributed by atoms with E-state index in [1.165, 1.54) is 0 Å². The summed E-state index contributed by atoms with van der Waals surface area (Å²) in [6, 6.07) is 0. The van der Waals surface area contributed by atoms with Gasteiger partial charge in [0.2, 0.25) is 0 Å². The second-order valence-electron chi connectivity index (χ2n) is 11.5. The first kappa shape index (κ1) is 28.3. The third-order valence-corrected chi connectivity index (χ3v) is 9.12. The molecule has 0 aromatic carbocycles. The summed E-state index contributed by atoms with van der Waals surface area (Å²) in [6.07, 6.45) is 0.191. The molecule has 2 N–H and O–H groups in total. The van der Waals surface area contributed by atoms with Gasteiger partial charge in [-0.25, -0.2) is 0 Å². The van der Waals surface area contributed by atoms with Crippen LogP contribution in [0.5, 0.6) is 0 Å². The molecule has 3 aliphatic rings. The summed E-state index contributed by atoms with van der Waals surface area (Å²) in [6.45, 7) is 18.8. The van der Waals surface area contributed by atoms with Gasteiger partial charge in [0.05, 0.1) is 36.6 Å². The molecule has 0 spiro atoms. The van der Waals surface area contributed by atoms with Gasteiger partial charge < -0.3 is 33.9 Å². The Morgan fingerprint density at radius 3 is 1.76 bits per heavy atom. The molecule has 0 bridgehead atoms. The van der Waals surface area contributed by atoms with Crippen LogP contribution >= 0.6 is 0 Å². The van der Waals surface area contributed by atoms with Gasteiger partial charge in [0.1, 0.15) is 0 Å². The molecule has 3 fully saturated rings. The van der Waals surface area contributed by atoms with Crippen LogP contribution in [0.25, 0.3) is 0 Å². The van der Waals surface area contributed by atoms with Crippen molar-refractivity contribution in [3.05, 3.63) is 0 Å². The summed E-state index contributed by atoms with van der Waals surface area (Å²) < 4.78 is 31.6. The van der Waals surface area contributed by atoms with Crippen molar-refractivity contribution in [2.24, 2.45) is 35.5 Å². The maximum atomic E-state index is 10.4. The van der Waals surface area contributed by atoms with Crippen LogP contribution in [0.2, 0.25) is 0 Å². The Bertz CT molecular complexity index is 632. The van der Waals surface area contributed by atoms with E-state index in [0.717, 1.165) is 19.3 Å². The number of aliphatic hydroxyl groups excluding tert-OH is 2. The minimum absolute atomic E-state index is 0.00281. The van der Waals surface area contributed by atoms with E-state index in [2.05, 4.69) is 41.5 Å². The van der Waals surface area contributed by atoms with Crippen molar-refractivity contribution >= 4 is 0 Å². The van der Waals surface area contributed by atoms with Gasteiger partial charge >= 0.3 is 0 Å². The predicted molar refractivity (Wildman–Crippen MR) is 130 cm³/mol. The minimum Gasteiger partial charge on any atom is -0.390 e. The smallest absolute Gasteiger partial charge is 0.161 e. The van der Waals surface area contributed by atoms with Crippen LogP contribution in [0.3, 0.4) is 0 Å². The second-order valence-corrected chi connectivity index (χ2v) is 11.5. The maximum absolute atomic E-state index is 10.4. The van der Waals surface area contributed by atoms with Crippen molar-refractivity contribution in [3.63, 3.8) is 0 Å². The summed E-state index contributed by atoms with van der Waals surface area (Å²) in [5, 5.41) is 20.8. The Hall–Kier alpha value is -0.280. The highest BCUT2D eigenvalue weighted by atomic mass is 16.7. The molecule has 7 nitrogen and oxygen atoms in total. The van der Waals surface area contributed by atoms with E-state index in [1.54, 1.807) is 0 Å². The quantitative estimate of drug-likeness (QED) is 0.554. The Morgan fingerprint density at radius 1 is 0.618 bits per heavy atom. The summed E-state index contributed by atoms with van der Waals surface area (Å²) in [4.78, 5) is 0. The van der Waals surface area contributed by atoms with E-state index in [0.29, 0.717) is 0 Å². The van der Waals surface area contributed by atoms with Crippen LogP contribution in [-0.4, -0.2) is 65.7 Å². The fourth-order valence-corrected chi connectivity index (χ4v) is 5.77. The zero-order valence-electron chi connectivity index (χ0n) is 22.7. The number of hydrogen-bond acceptors (Lipinski definition) is 7. The SMILES string of the molecule is CCCCC1OC(O)C(C)C(C)C1OC1OC(C)C(OC2OC(C)C(O)C(C)C2C)C(C)C1C. The third kappa shape index (κ3) is 5.82. The molecule has 0 aliphatic carbocycles. The zero-order valence-corrected chi connectivity index (χ0v) is 22.7. The first-order valence-electron chi connectivity index (χ1n) is 13.6. The molecule has 0 amide bonds. The maximum Gasteiger partial charge on any atom is 0.161 e. The van der Waals surface area contributed by atoms with Crippen LogP contribution in [0, 0.1) is 35.5 Å². The summed E-state index contributed by atoms with van der Waals surface area (Å²) in [7, 11) is 0. The van der Waals surface area contributed by atoms with Gasteiger partial charge in [-0.05, 0) is 38.0 Å². The molecule has 34 heavy (non-hydrogen) atoms. The Labute approximate surface area is 206 Å². The van der Waals surface area contributed by atoms with Crippen LogP contribution in [-0.2, 0) is 23.7 Å². The molecule has 3 saturated heterocycles. The highest BCUT2D eigenvalue weighted by molar-refractivity contribution is 4.91. The van der Waals surface area contributed by atoms with Crippen molar-refractivity contribution in [1.82, 2.24) is 0 Å². The highest BCUT2D eigenvalue weighted by Gasteiger charge is 2.48. The molecule has 15 atom stereocenters. The van der Waals surface area contributed by atoms with Gasteiger partial charge in [0.15, 0.2) is 18.9 Å². The monoisotopic (exact) mass is 486 g/mol. The molecule has 0 aromatic rings. The van der Waals surface area contributed by atoms with Crippen LogP contribution in [0.15, 0.2) is 0 Å². The van der Waals surface area contributed by atoms with Gasteiger partial charge in [-0.3, -0.25) is 0 Å². The molecular formula is C27H50O7. The van der Waals surface area contributed by atoms with Crippen molar-refractivity contribution < 1.29 is 33.9 Å². The Balaban J connectivity index is 1.67. The average molecular weight is 487 g/mol. The molecular weight excluding hydrogens is 436 g/mol. The standard InChI is InChI=1S/C27H50O7/c1-10-11-12-21-24(14(3)16(5)25(29)32-21)34-27-18(7)15(4)23(20(9)31-27)33-26-17(6)13(2)22(28)19(8)30-26/h13-29H,10-12H2,1-9H3. The number of unbranched alkanes of at least 4 members (excludes halogenated alkanes) is 1. The Morgan fingerprint density at radius 2 is 1.15 bits per heavy atom. The normalized spacial score (nSPS) is 52.5. The highest BCUT2D eigenvalue weighted by Crippen LogP contribution is 2.41. The molecule has 3 rings (SSSR count). The van der Waals surface area contributed by atoms with Gasteiger partial charge in [0.25, 0.3) is 0 Å². The summed E-state index contributed by atoms with van der Waals surface area (Å²) in [5.41, 5.74) is 0. The van der Waals surface area contributed by atoms with E-state index in [-0.39, 0.29) is 78.6 Å². The third-order valence-electron chi connectivity index (χ3n) is 9.12. The van der Waals surface area contributed by atoms with Gasteiger partial charge in [-0.2, -0.15) is 0 Å². The number of hydrogen-bond donors (Lipinski definition) is 2. The van der Waals surface area contributed by atoms with Crippen molar-refractivity contribution in [1.29, 1.82) is 0 Å². The zero-order chi connectivity index (χ0) is 25.3. The number of aliphatic hydroxyl groups is 2. The van der Waals surface area contributed by atoms with Crippen LogP contribution in [0.4, 0.5) is 0 Å². The molecule has 200 valence electrons. The van der Waals surface area contributed by atoms with Gasteiger partial charge in [-0.1, -0.05) is 61.3 Å². The lowest BCUT2D eigenvalue weighted by atomic mass is 9.81. The summed E-state index contributed by atoms with van der Waals surface area (Å²) >= 11 is 0. The van der Waals surface area contributed by atoms with Crippen molar-refractivity contribution in [2.45, 2.75) is 137 Å². The lowest BCUT2D eigenvalue weighted by molar-refractivity contribution is -0.345. The largest absolute Gasteiger partial charge is 0.390 e. The molecule has 7 heteroatoms. The minimum atomic E-state index is -0.752. The lowest BCUT2D eigenvalue weighted by Gasteiger charge is -2.50. The molecule has 3 aliphatic heterocycles. The second kappa shape index (κ2) is 11.8. The van der Waals surface area contributed by atoms with Crippen molar-refractivity contribution in [2.75, 3.05) is 0 Å². The molecule has 0 saturated carbocycles. The first-order chi connectivity index (χ1) is 16.0. The van der Waals surface area contributed by atoms with Crippen LogP contribution in [0.1, 0.15) is 81.6 Å². The van der Waals surface area contributed by atoms with Gasteiger partial charge in [0, 0.05) is 17.8 Å². The number of rotatable bonds is 7. The van der Waals surface area contributed by atoms with E-state index in [1.807, 2.05) is 20.8 Å². The van der Waals surface area contributed by atoms with E-state index in [4.69, 9.17) is 23.7 Å². The van der Waals surface area contributed by atoms with Gasteiger partial charge in [-0.15, -0.1) is 0 Å². The molecule has 0 aromatic heterocycles. The lowest BCUT2D eigenvalue weighted by Crippen LogP contribution is -2.57. The number of ether oxygens (including phenoxy) is 5. The van der Waals surface area contributed by atoms with E-state index in [9.17, 15) is 10.2 Å². The predicted octanol–water partition coefficient (Wildman–Crippen LogP) is 4.33. The van der Waals surface area contributed by atoms with E-state index < -0.39 is 12.4 Å².